The summed E-state index contributed by atoms with van der Waals surface area (Å²) >= 11 is 0. The van der Waals surface area contributed by atoms with Crippen LogP contribution in [0, 0.1) is 0 Å². The largest absolute Gasteiger partial charge is 0.507 e. The van der Waals surface area contributed by atoms with E-state index in [1.54, 1.807) is 0 Å². The monoisotopic (exact) mass is 303 g/mol. The van der Waals surface area contributed by atoms with Gasteiger partial charge in [0.15, 0.2) is 0 Å². The van der Waals surface area contributed by atoms with Crippen molar-refractivity contribution in [2.45, 2.75) is 52.4 Å². The predicted octanol–water partition coefficient (Wildman–Crippen LogP) is 4.07. The summed E-state index contributed by atoms with van der Waals surface area (Å²) in [5.74, 6) is 0.944. The molecule has 0 atom stereocenters. The second-order valence-electron chi connectivity index (χ2n) is 7.82. The van der Waals surface area contributed by atoms with Gasteiger partial charge in [-0.15, -0.1) is 0 Å². The van der Waals surface area contributed by atoms with E-state index >= 15 is 0 Å². The van der Waals surface area contributed by atoms with Crippen molar-refractivity contribution in [1.29, 1.82) is 0 Å². The van der Waals surface area contributed by atoms with Crippen LogP contribution in [0.25, 0.3) is 6.08 Å². The number of hydrogen-bond acceptors (Lipinski definition) is 3. The highest BCUT2D eigenvalue weighted by Gasteiger charge is 2.26. The van der Waals surface area contributed by atoms with Gasteiger partial charge in [-0.1, -0.05) is 41.5 Å². The summed E-state index contributed by atoms with van der Waals surface area (Å²) in [5, 5.41) is 13.3. The molecular weight excluding hydrogens is 278 g/mol. The SMILES string of the molecule is CC(C)(C)c1cc(C=C2CNC(=O)O2)cc(C(C)(C)C)c1O. The van der Waals surface area contributed by atoms with Gasteiger partial charge in [-0.3, -0.25) is 0 Å². The van der Waals surface area contributed by atoms with Gasteiger partial charge in [0.1, 0.15) is 11.5 Å². The van der Waals surface area contributed by atoms with Gasteiger partial charge < -0.3 is 15.2 Å². The maximum absolute atomic E-state index is 11.1. The molecular formula is C18H25NO3. The fraction of sp³-hybridized carbons (Fsp3) is 0.500. The number of amides is 1. The number of carbonyl (C=O) groups is 1. The van der Waals surface area contributed by atoms with E-state index in [0.29, 0.717) is 18.1 Å². The zero-order valence-electron chi connectivity index (χ0n) is 14.2. The average molecular weight is 303 g/mol. The highest BCUT2D eigenvalue weighted by atomic mass is 16.6. The summed E-state index contributed by atoms with van der Waals surface area (Å²) in [6.07, 6.45) is 1.43. The summed E-state index contributed by atoms with van der Waals surface area (Å²) in [4.78, 5) is 11.1. The van der Waals surface area contributed by atoms with Crippen LogP contribution in [0.3, 0.4) is 0 Å². The van der Waals surface area contributed by atoms with E-state index in [-0.39, 0.29) is 10.8 Å². The number of carbonyl (C=O) groups excluding carboxylic acids is 1. The Balaban J connectivity index is 2.58. The molecule has 0 bridgehead atoms. The Labute approximate surface area is 132 Å². The van der Waals surface area contributed by atoms with Crippen molar-refractivity contribution in [1.82, 2.24) is 5.32 Å². The molecule has 2 N–H and O–H groups in total. The normalized spacial score (nSPS) is 17.5. The Bertz CT molecular complexity index is 596. The maximum atomic E-state index is 11.1. The Morgan fingerprint density at radius 1 is 1.09 bits per heavy atom. The van der Waals surface area contributed by atoms with Crippen molar-refractivity contribution in [3.63, 3.8) is 0 Å². The summed E-state index contributed by atoms with van der Waals surface area (Å²) < 4.78 is 5.10. The van der Waals surface area contributed by atoms with Crippen LogP contribution in [0.4, 0.5) is 4.79 Å². The molecule has 1 saturated heterocycles. The van der Waals surface area contributed by atoms with E-state index in [4.69, 9.17) is 4.74 Å². The van der Waals surface area contributed by atoms with E-state index in [2.05, 4.69) is 46.9 Å². The van der Waals surface area contributed by atoms with E-state index < -0.39 is 6.09 Å². The highest BCUT2D eigenvalue weighted by Crippen LogP contribution is 2.40. The first-order valence-electron chi connectivity index (χ1n) is 7.53. The summed E-state index contributed by atoms with van der Waals surface area (Å²) in [6.45, 7) is 12.8. The molecule has 1 amide bonds. The number of alkyl carbamates (subject to hydrolysis) is 1. The molecule has 4 heteroatoms. The number of phenolic OH excluding ortho intramolecular Hbond substituents is 1. The number of hydrogen-bond donors (Lipinski definition) is 2. The predicted molar refractivity (Wildman–Crippen MR) is 88.0 cm³/mol. The van der Waals surface area contributed by atoms with Crippen LogP contribution < -0.4 is 5.32 Å². The standard InChI is InChI=1S/C18H25NO3/c1-17(2,3)13-8-11(7-12-10-19-16(21)22-12)9-14(15(13)20)18(4,5)6/h7-9,20H,10H2,1-6H3,(H,19,21). The van der Waals surface area contributed by atoms with Crippen LogP contribution in [0.5, 0.6) is 5.75 Å². The molecule has 120 valence electrons. The number of ether oxygens (including phenoxy) is 1. The molecule has 0 spiro atoms. The zero-order valence-corrected chi connectivity index (χ0v) is 14.2. The third-order valence-corrected chi connectivity index (χ3v) is 3.71. The molecule has 1 aromatic carbocycles. The molecule has 1 fully saturated rings. The number of phenols is 1. The number of rotatable bonds is 1. The Morgan fingerprint density at radius 2 is 1.59 bits per heavy atom. The summed E-state index contributed by atoms with van der Waals surface area (Å²) in [7, 11) is 0. The lowest BCUT2D eigenvalue weighted by Gasteiger charge is -2.27. The molecule has 4 nitrogen and oxygen atoms in total. The third kappa shape index (κ3) is 3.43. The first-order valence-corrected chi connectivity index (χ1v) is 7.53. The second kappa shape index (κ2) is 5.34. The number of benzene rings is 1. The van der Waals surface area contributed by atoms with Gasteiger partial charge in [0.25, 0.3) is 0 Å². The first kappa shape index (κ1) is 16.4. The van der Waals surface area contributed by atoms with Crippen LogP contribution in [0.1, 0.15) is 58.2 Å². The smallest absolute Gasteiger partial charge is 0.412 e. The maximum Gasteiger partial charge on any atom is 0.412 e. The molecule has 22 heavy (non-hydrogen) atoms. The molecule has 1 aromatic rings. The topological polar surface area (TPSA) is 58.6 Å². The van der Waals surface area contributed by atoms with Gasteiger partial charge in [0.2, 0.25) is 0 Å². The third-order valence-electron chi connectivity index (χ3n) is 3.71. The Morgan fingerprint density at radius 3 is 1.95 bits per heavy atom. The highest BCUT2D eigenvalue weighted by molar-refractivity contribution is 5.74. The van der Waals surface area contributed by atoms with E-state index in [1.807, 2.05) is 18.2 Å². The lowest BCUT2D eigenvalue weighted by atomic mass is 9.78. The van der Waals surface area contributed by atoms with Crippen LogP contribution in [-0.4, -0.2) is 17.7 Å². The number of nitrogens with one attached hydrogen (secondary N) is 1. The number of cyclic esters (lactones) is 1. The minimum absolute atomic E-state index is 0.177. The van der Waals surface area contributed by atoms with Crippen molar-refractivity contribution >= 4 is 12.2 Å². The molecule has 0 aromatic heterocycles. The van der Waals surface area contributed by atoms with Crippen molar-refractivity contribution in [3.05, 3.63) is 34.6 Å². The molecule has 2 rings (SSSR count). The molecule has 0 aliphatic carbocycles. The minimum atomic E-state index is -0.419. The second-order valence-corrected chi connectivity index (χ2v) is 7.82. The van der Waals surface area contributed by atoms with Gasteiger partial charge in [-0.2, -0.15) is 0 Å². The first-order chi connectivity index (χ1) is 9.98. The fourth-order valence-electron chi connectivity index (χ4n) is 2.50. The molecule has 0 radical (unpaired) electrons. The lowest BCUT2D eigenvalue weighted by molar-refractivity contribution is 0.195. The summed E-state index contributed by atoms with van der Waals surface area (Å²) in [5.41, 5.74) is 2.36. The van der Waals surface area contributed by atoms with Gasteiger partial charge >= 0.3 is 6.09 Å². The Kier molecular flexibility index (Phi) is 3.98. The molecule has 1 aliphatic heterocycles. The van der Waals surface area contributed by atoms with Crippen LogP contribution >= 0.6 is 0 Å². The molecule has 1 heterocycles. The van der Waals surface area contributed by atoms with Gasteiger partial charge in [0, 0.05) is 11.1 Å². The fourth-order valence-corrected chi connectivity index (χ4v) is 2.50. The van der Waals surface area contributed by atoms with Crippen molar-refractivity contribution < 1.29 is 14.6 Å². The Hall–Kier alpha value is -1.97. The van der Waals surface area contributed by atoms with Crippen LogP contribution in [0.15, 0.2) is 17.9 Å². The minimum Gasteiger partial charge on any atom is -0.507 e. The zero-order chi connectivity index (χ0) is 16.7. The van der Waals surface area contributed by atoms with E-state index in [0.717, 1.165) is 16.7 Å². The van der Waals surface area contributed by atoms with E-state index in [9.17, 15) is 9.90 Å². The summed E-state index contributed by atoms with van der Waals surface area (Å²) in [6, 6.07) is 3.92. The molecule has 0 unspecified atom stereocenters. The number of aromatic hydroxyl groups is 1. The van der Waals surface area contributed by atoms with E-state index in [1.165, 1.54) is 0 Å². The van der Waals surface area contributed by atoms with Crippen molar-refractivity contribution in [2.24, 2.45) is 0 Å². The molecule has 0 saturated carbocycles. The average Bonchev–Trinajstić information content (AvgIpc) is 2.74. The van der Waals surface area contributed by atoms with Crippen molar-refractivity contribution in [2.75, 3.05) is 6.54 Å². The molecule has 1 aliphatic rings. The van der Waals surface area contributed by atoms with Gasteiger partial charge in [-0.25, -0.2) is 4.79 Å². The van der Waals surface area contributed by atoms with Gasteiger partial charge in [0.05, 0.1) is 6.54 Å². The van der Waals surface area contributed by atoms with Gasteiger partial charge in [-0.05, 0) is 34.6 Å². The van der Waals surface area contributed by atoms with Crippen molar-refractivity contribution in [3.8, 4) is 5.75 Å². The van der Waals surface area contributed by atoms with Crippen LogP contribution in [-0.2, 0) is 15.6 Å². The van der Waals surface area contributed by atoms with Crippen LogP contribution in [0.2, 0.25) is 0 Å². The lowest BCUT2D eigenvalue weighted by Crippen LogP contribution is -2.17. The quantitative estimate of drug-likeness (QED) is 0.822.